The van der Waals surface area contributed by atoms with Crippen LogP contribution in [0.2, 0.25) is 5.02 Å². The van der Waals surface area contributed by atoms with Gasteiger partial charge in [-0.25, -0.2) is 4.39 Å². The average Bonchev–Trinajstić information content (AvgIpc) is 2.60. The predicted octanol–water partition coefficient (Wildman–Crippen LogP) is 4.33. The maximum Gasteiger partial charge on any atom is 0.123 e. The Bertz CT molecular complexity index is 397. The highest BCUT2D eigenvalue weighted by Crippen LogP contribution is 2.29. The van der Waals surface area contributed by atoms with Crippen molar-refractivity contribution in [2.75, 3.05) is 6.54 Å². The molecular weight excluding hydrogens is 249 g/mol. The van der Waals surface area contributed by atoms with E-state index in [0.717, 1.165) is 31.4 Å². The van der Waals surface area contributed by atoms with Gasteiger partial charge in [-0.15, -0.1) is 0 Å². The van der Waals surface area contributed by atoms with Crippen molar-refractivity contribution in [2.24, 2.45) is 0 Å². The summed E-state index contributed by atoms with van der Waals surface area (Å²) in [6.07, 6.45) is 6.79. The normalized spacial score (nSPS) is 24.8. The first-order chi connectivity index (χ1) is 8.65. The Kier molecular flexibility index (Phi) is 4.63. The number of hydrogen-bond donors (Lipinski definition) is 1. The van der Waals surface area contributed by atoms with Crippen molar-refractivity contribution in [2.45, 2.75) is 51.0 Å². The molecule has 0 amide bonds. The van der Waals surface area contributed by atoms with Crippen LogP contribution in [-0.2, 0) is 6.42 Å². The summed E-state index contributed by atoms with van der Waals surface area (Å²) in [5.41, 5.74) is 1.02. The van der Waals surface area contributed by atoms with Gasteiger partial charge in [0.2, 0.25) is 0 Å². The van der Waals surface area contributed by atoms with Crippen LogP contribution in [0.5, 0.6) is 0 Å². The molecule has 0 spiro atoms. The number of hydrogen-bond acceptors (Lipinski definition) is 1. The highest BCUT2D eigenvalue weighted by atomic mass is 35.5. The van der Waals surface area contributed by atoms with Crippen LogP contribution in [0.25, 0.3) is 0 Å². The molecule has 0 radical (unpaired) electrons. The summed E-state index contributed by atoms with van der Waals surface area (Å²) in [7, 11) is 0. The van der Waals surface area contributed by atoms with E-state index in [1.165, 1.54) is 25.3 Å². The summed E-state index contributed by atoms with van der Waals surface area (Å²) < 4.78 is 13.3. The van der Waals surface area contributed by atoms with E-state index < -0.39 is 0 Å². The van der Waals surface area contributed by atoms with Gasteiger partial charge in [-0.3, -0.25) is 0 Å². The molecule has 1 aromatic rings. The van der Waals surface area contributed by atoms with Crippen molar-refractivity contribution in [3.8, 4) is 0 Å². The van der Waals surface area contributed by atoms with E-state index in [0.29, 0.717) is 5.02 Å². The number of halogens is 2. The highest BCUT2D eigenvalue weighted by Gasteiger charge is 2.29. The van der Waals surface area contributed by atoms with E-state index in [-0.39, 0.29) is 11.4 Å². The first kappa shape index (κ1) is 13.8. The van der Waals surface area contributed by atoms with Gasteiger partial charge in [-0.1, -0.05) is 31.4 Å². The lowest BCUT2D eigenvalue weighted by atomic mass is 9.84. The second-order valence-electron chi connectivity index (χ2n) is 5.28. The lowest BCUT2D eigenvalue weighted by Crippen LogP contribution is -2.46. The molecule has 1 aliphatic heterocycles. The van der Waals surface area contributed by atoms with Crippen LogP contribution in [0.3, 0.4) is 0 Å². The van der Waals surface area contributed by atoms with Crippen molar-refractivity contribution < 1.29 is 4.39 Å². The molecule has 1 saturated heterocycles. The zero-order valence-corrected chi connectivity index (χ0v) is 11.7. The summed E-state index contributed by atoms with van der Waals surface area (Å²) in [5, 5.41) is 4.34. The lowest BCUT2D eigenvalue weighted by Gasteiger charge is -2.33. The maximum atomic E-state index is 13.3. The third-order valence-electron chi connectivity index (χ3n) is 4.05. The third-order valence-corrected chi connectivity index (χ3v) is 4.41. The van der Waals surface area contributed by atoms with Crippen LogP contribution < -0.4 is 5.32 Å². The van der Waals surface area contributed by atoms with Gasteiger partial charge in [0.05, 0.1) is 0 Å². The molecular formula is C15H21ClFN. The van der Waals surface area contributed by atoms with Crippen molar-refractivity contribution in [1.82, 2.24) is 5.32 Å². The summed E-state index contributed by atoms with van der Waals surface area (Å²) in [6.45, 7) is 3.26. The molecule has 1 aromatic carbocycles. The minimum Gasteiger partial charge on any atom is -0.311 e. The van der Waals surface area contributed by atoms with Gasteiger partial charge in [-0.05, 0) is 56.0 Å². The Morgan fingerprint density at radius 1 is 1.33 bits per heavy atom. The molecule has 0 bridgehead atoms. The Morgan fingerprint density at radius 2 is 2.17 bits per heavy atom. The topological polar surface area (TPSA) is 12.0 Å². The Morgan fingerprint density at radius 3 is 2.94 bits per heavy atom. The molecule has 100 valence electrons. The van der Waals surface area contributed by atoms with Crippen molar-refractivity contribution >= 4 is 11.6 Å². The van der Waals surface area contributed by atoms with Gasteiger partial charge in [0, 0.05) is 10.6 Å². The molecule has 1 heterocycles. The molecule has 1 N–H and O–H groups in total. The summed E-state index contributed by atoms with van der Waals surface area (Å²) in [4.78, 5) is 0. The first-order valence-electron chi connectivity index (χ1n) is 6.84. The molecule has 1 atom stereocenters. The van der Waals surface area contributed by atoms with Crippen molar-refractivity contribution in [3.63, 3.8) is 0 Å². The van der Waals surface area contributed by atoms with E-state index in [2.05, 4.69) is 12.2 Å². The summed E-state index contributed by atoms with van der Waals surface area (Å²) in [6, 6.07) is 4.66. The zero-order valence-electron chi connectivity index (χ0n) is 10.9. The fourth-order valence-electron chi connectivity index (χ4n) is 2.83. The van der Waals surface area contributed by atoms with E-state index in [1.807, 2.05) is 0 Å². The van der Waals surface area contributed by atoms with Gasteiger partial charge >= 0.3 is 0 Å². The molecule has 18 heavy (non-hydrogen) atoms. The van der Waals surface area contributed by atoms with Gasteiger partial charge in [0.15, 0.2) is 0 Å². The van der Waals surface area contributed by atoms with E-state index in [4.69, 9.17) is 11.6 Å². The molecule has 1 fully saturated rings. The smallest absolute Gasteiger partial charge is 0.123 e. The minimum atomic E-state index is -0.200. The molecule has 2 rings (SSSR count). The molecule has 0 aromatic heterocycles. The fourth-order valence-corrected chi connectivity index (χ4v) is 3.01. The standard InChI is InChI=1S/C15H21ClFN/c1-2-15(8-4-3-5-9-18-15)11-12-10-13(17)6-7-14(12)16/h6-7,10,18H,2-5,8-9,11H2,1H3. The van der Waals surface area contributed by atoms with Crippen LogP contribution in [0.4, 0.5) is 4.39 Å². The van der Waals surface area contributed by atoms with Crippen LogP contribution >= 0.6 is 11.6 Å². The summed E-state index contributed by atoms with van der Waals surface area (Å²) in [5.74, 6) is -0.200. The van der Waals surface area contributed by atoms with Gasteiger partial charge in [-0.2, -0.15) is 0 Å². The average molecular weight is 270 g/mol. The first-order valence-corrected chi connectivity index (χ1v) is 7.22. The Labute approximate surface area is 114 Å². The van der Waals surface area contributed by atoms with Gasteiger partial charge in [0.25, 0.3) is 0 Å². The van der Waals surface area contributed by atoms with E-state index >= 15 is 0 Å². The molecule has 1 aliphatic rings. The fraction of sp³-hybridized carbons (Fsp3) is 0.600. The van der Waals surface area contributed by atoms with Crippen molar-refractivity contribution in [3.05, 3.63) is 34.6 Å². The van der Waals surface area contributed by atoms with Gasteiger partial charge in [0.1, 0.15) is 5.82 Å². The lowest BCUT2D eigenvalue weighted by molar-refractivity contribution is 0.302. The number of nitrogens with one attached hydrogen (secondary N) is 1. The van der Waals surface area contributed by atoms with Crippen LogP contribution in [0.15, 0.2) is 18.2 Å². The van der Waals surface area contributed by atoms with E-state index in [9.17, 15) is 4.39 Å². The zero-order chi connectivity index (χ0) is 13.0. The van der Waals surface area contributed by atoms with Crippen LogP contribution in [0.1, 0.15) is 44.6 Å². The monoisotopic (exact) mass is 269 g/mol. The quantitative estimate of drug-likeness (QED) is 0.861. The highest BCUT2D eigenvalue weighted by molar-refractivity contribution is 6.31. The Balaban J connectivity index is 2.20. The van der Waals surface area contributed by atoms with E-state index in [1.54, 1.807) is 12.1 Å². The Hall–Kier alpha value is -0.600. The molecule has 3 heteroatoms. The molecule has 1 unspecified atom stereocenters. The van der Waals surface area contributed by atoms with Crippen molar-refractivity contribution in [1.29, 1.82) is 0 Å². The van der Waals surface area contributed by atoms with Crippen LogP contribution in [-0.4, -0.2) is 12.1 Å². The maximum absolute atomic E-state index is 13.3. The van der Waals surface area contributed by atoms with Crippen LogP contribution in [0, 0.1) is 5.82 Å². The summed E-state index contributed by atoms with van der Waals surface area (Å²) >= 11 is 6.18. The molecule has 0 saturated carbocycles. The second-order valence-corrected chi connectivity index (χ2v) is 5.69. The number of rotatable bonds is 3. The predicted molar refractivity (Wildman–Crippen MR) is 74.6 cm³/mol. The molecule has 0 aliphatic carbocycles. The SMILES string of the molecule is CCC1(Cc2cc(F)ccc2Cl)CCCCCN1. The third kappa shape index (κ3) is 3.24. The number of benzene rings is 1. The molecule has 1 nitrogen and oxygen atoms in total. The second kappa shape index (κ2) is 6.03. The largest absolute Gasteiger partial charge is 0.311 e. The van der Waals surface area contributed by atoms with Gasteiger partial charge < -0.3 is 5.32 Å². The minimum absolute atomic E-state index is 0.0912.